The van der Waals surface area contributed by atoms with Gasteiger partial charge in [0.05, 0.1) is 42.1 Å². The number of allylic oxidation sites excluding steroid dienone is 1. The highest BCUT2D eigenvalue weighted by Crippen LogP contribution is 2.39. The number of phenols is 2. The second kappa shape index (κ2) is 15.9. The van der Waals surface area contributed by atoms with E-state index in [0.29, 0.717) is 0 Å². The van der Waals surface area contributed by atoms with E-state index in [1.165, 1.54) is 37.3 Å². The largest absolute Gasteiger partial charge is 0.512 e. The second-order valence-electron chi connectivity index (χ2n) is 13.7. The zero-order valence-corrected chi connectivity index (χ0v) is 28.2. The number of ether oxygens (including phenoxy) is 5. The van der Waals surface area contributed by atoms with Crippen LogP contribution in [0.1, 0.15) is 29.9 Å². The summed E-state index contributed by atoms with van der Waals surface area (Å²) < 4.78 is 35.0. The molecular weight excluding hydrogens is 712 g/mol. The molecular formula is C34H45O19+. The average molecular weight is 758 g/mol. The molecule has 1 aromatic carbocycles. The van der Waals surface area contributed by atoms with Crippen LogP contribution < -0.4 is 0 Å². The summed E-state index contributed by atoms with van der Waals surface area (Å²) in [5, 5.41) is 136. The van der Waals surface area contributed by atoms with Gasteiger partial charge in [-0.2, -0.15) is 0 Å². The van der Waals surface area contributed by atoms with E-state index in [4.69, 9.17) is 28.1 Å². The first-order valence-corrected chi connectivity index (χ1v) is 17.0. The Morgan fingerprint density at radius 3 is 2.09 bits per heavy atom. The third kappa shape index (κ3) is 7.87. The summed E-state index contributed by atoms with van der Waals surface area (Å²) >= 11 is 0. The maximum absolute atomic E-state index is 11.5. The molecule has 16 atom stereocenters. The molecule has 294 valence electrons. The molecule has 19 heteroatoms. The van der Waals surface area contributed by atoms with Gasteiger partial charge in [0, 0.05) is 12.5 Å². The van der Waals surface area contributed by atoms with Gasteiger partial charge in [-0.25, -0.2) is 4.42 Å². The lowest BCUT2D eigenvalue weighted by Crippen LogP contribution is -2.65. The minimum Gasteiger partial charge on any atom is -0.512 e. The van der Waals surface area contributed by atoms with Crippen molar-refractivity contribution in [2.45, 2.75) is 118 Å². The normalized spacial score (nSPS) is 40.4. The lowest BCUT2D eigenvalue weighted by molar-refractivity contribution is -0.345. The van der Waals surface area contributed by atoms with Gasteiger partial charge in [0.2, 0.25) is 0 Å². The molecule has 6 rings (SSSR count). The Labute approximate surface area is 301 Å². The second-order valence-corrected chi connectivity index (χ2v) is 13.7. The maximum Gasteiger partial charge on any atom is 0.363 e. The van der Waals surface area contributed by atoms with Crippen molar-refractivity contribution in [1.82, 2.24) is 0 Å². The highest BCUT2D eigenvalue weighted by molar-refractivity contribution is 5.66. The summed E-state index contributed by atoms with van der Waals surface area (Å²) in [6, 6.07) is 5.33. The molecule has 3 fully saturated rings. The standard InChI is InChI=1S/C34H44O19/c1-11-23(40)26(43)29(46)33(49-11)48-10-22-25(42)28(45)32(53-34-30(47)27(44)24(41)21(9-35)52-34)20(50-22)6-13-4-15-17(38)7-14(36)8-19(15)51-31(13)12-2-3-16(37)18(39)5-12/h2-5,7,11,17,20-30,32-35,38,40-47H,6,8-10H2,1H3,(H2-,36,37,39)/p+1. The van der Waals surface area contributed by atoms with Gasteiger partial charge >= 0.3 is 11.5 Å². The molecule has 1 aliphatic carbocycles. The van der Waals surface area contributed by atoms with Crippen molar-refractivity contribution in [3.8, 4) is 22.8 Å². The van der Waals surface area contributed by atoms with Gasteiger partial charge in [-0.1, -0.05) is 0 Å². The van der Waals surface area contributed by atoms with Crippen LogP contribution in [0, 0.1) is 0 Å². The summed E-state index contributed by atoms with van der Waals surface area (Å²) in [6.07, 6.45) is -24.4. The molecule has 3 aliphatic heterocycles. The molecule has 19 nitrogen and oxygen atoms in total. The van der Waals surface area contributed by atoms with Gasteiger partial charge in [-0.15, -0.1) is 0 Å². The Bertz CT molecular complexity index is 1620. The SMILES string of the molecule is CC1OC(OCC2OC(Cc3cc4c([o+]c3-c3ccc(O)c(O)c3)CC(O)=CC4O)C(OC3OC(CO)C(O)C(O)C3O)C(O)C2O)C(O)C(O)C1O. The fourth-order valence-electron chi connectivity index (χ4n) is 6.91. The van der Waals surface area contributed by atoms with Crippen LogP contribution in [0.25, 0.3) is 11.3 Å². The number of benzene rings is 1. The Kier molecular flexibility index (Phi) is 11.9. The molecule has 16 unspecified atom stereocenters. The smallest absolute Gasteiger partial charge is 0.363 e. The monoisotopic (exact) mass is 757 g/mol. The Morgan fingerprint density at radius 2 is 1.40 bits per heavy atom. The number of hydrogen-bond acceptors (Lipinski definition) is 18. The number of aliphatic hydroxyl groups excluding tert-OH is 11. The molecule has 4 aliphatic rings. The number of aliphatic hydroxyl groups is 11. The number of rotatable bonds is 9. The van der Waals surface area contributed by atoms with E-state index in [1.807, 2.05) is 0 Å². The molecule has 0 radical (unpaired) electrons. The van der Waals surface area contributed by atoms with E-state index in [2.05, 4.69) is 0 Å². The van der Waals surface area contributed by atoms with Gasteiger partial charge in [0.25, 0.3) is 0 Å². The van der Waals surface area contributed by atoms with E-state index < -0.39 is 123 Å². The van der Waals surface area contributed by atoms with E-state index in [0.717, 1.165) is 0 Å². The molecule has 1 aromatic heterocycles. The Hall–Kier alpha value is -3.09. The number of aromatic hydroxyl groups is 2. The maximum atomic E-state index is 11.5. The zero-order valence-electron chi connectivity index (χ0n) is 28.2. The first kappa shape index (κ1) is 39.6. The Balaban J connectivity index is 1.35. The molecule has 13 N–H and O–H groups in total. The van der Waals surface area contributed by atoms with Crippen molar-refractivity contribution in [3.63, 3.8) is 0 Å². The summed E-state index contributed by atoms with van der Waals surface area (Å²) in [6.45, 7) is 0.0893. The third-order valence-electron chi connectivity index (χ3n) is 9.99. The minimum absolute atomic E-state index is 0.0600. The summed E-state index contributed by atoms with van der Waals surface area (Å²) in [7, 11) is 0. The quantitative estimate of drug-likeness (QED) is 0.0881. The van der Waals surface area contributed by atoms with Gasteiger partial charge in [0.1, 0.15) is 85.4 Å². The summed E-state index contributed by atoms with van der Waals surface area (Å²) in [4.78, 5) is 0. The number of hydrogen-bond donors (Lipinski definition) is 13. The van der Waals surface area contributed by atoms with Crippen molar-refractivity contribution in [2.75, 3.05) is 13.2 Å². The van der Waals surface area contributed by atoms with Gasteiger partial charge in [0.15, 0.2) is 24.1 Å². The predicted molar refractivity (Wildman–Crippen MR) is 173 cm³/mol. The van der Waals surface area contributed by atoms with Crippen LogP contribution in [-0.4, -0.2) is 172 Å². The van der Waals surface area contributed by atoms with Gasteiger partial charge in [-0.3, -0.25) is 0 Å². The summed E-state index contributed by atoms with van der Waals surface area (Å²) in [5.41, 5.74) is 0.712. The lowest BCUT2D eigenvalue weighted by Gasteiger charge is -2.47. The topological polar surface area (TPSA) is 320 Å². The van der Waals surface area contributed by atoms with Crippen LogP contribution in [0.3, 0.4) is 0 Å². The van der Waals surface area contributed by atoms with Crippen LogP contribution in [0.4, 0.5) is 0 Å². The van der Waals surface area contributed by atoms with E-state index >= 15 is 0 Å². The molecule has 0 bridgehead atoms. The van der Waals surface area contributed by atoms with Crippen molar-refractivity contribution in [2.24, 2.45) is 0 Å². The van der Waals surface area contributed by atoms with E-state index in [9.17, 15) is 66.4 Å². The van der Waals surface area contributed by atoms with Crippen LogP contribution in [-0.2, 0) is 36.5 Å². The van der Waals surface area contributed by atoms with Gasteiger partial charge < -0.3 is 90.1 Å². The lowest BCUT2D eigenvalue weighted by atomic mass is 9.88. The highest BCUT2D eigenvalue weighted by atomic mass is 16.7. The molecule has 0 amide bonds. The van der Waals surface area contributed by atoms with Crippen LogP contribution in [0.2, 0.25) is 0 Å². The van der Waals surface area contributed by atoms with E-state index in [-0.39, 0.29) is 46.8 Å². The van der Waals surface area contributed by atoms with Crippen LogP contribution in [0.5, 0.6) is 11.5 Å². The number of phenolic OH excluding ortho intramolecular Hbond substituents is 2. The summed E-state index contributed by atoms with van der Waals surface area (Å²) in [5.74, 6) is -0.886. The first-order chi connectivity index (χ1) is 25.1. The third-order valence-corrected chi connectivity index (χ3v) is 9.99. The zero-order chi connectivity index (χ0) is 38.5. The fraction of sp³-hybridized carbons (Fsp3) is 0.618. The van der Waals surface area contributed by atoms with Crippen molar-refractivity contribution in [3.05, 3.63) is 53.0 Å². The predicted octanol–water partition coefficient (Wildman–Crippen LogP) is -3.27. The van der Waals surface area contributed by atoms with Gasteiger partial charge in [-0.05, 0) is 31.2 Å². The average Bonchev–Trinajstić information content (AvgIpc) is 3.12. The molecule has 0 spiro atoms. The Morgan fingerprint density at radius 1 is 0.717 bits per heavy atom. The molecule has 2 aromatic rings. The van der Waals surface area contributed by atoms with Crippen molar-refractivity contribution in [1.29, 1.82) is 0 Å². The molecule has 4 heterocycles. The van der Waals surface area contributed by atoms with Crippen molar-refractivity contribution >= 4 is 0 Å². The highest BCUT2D eigenvalue weighted by Gasteiger charge is 2.52. The molecule has 53 heavy (non-hydrogen) atoms. The van der Waals surface area contributed by atoms with Crippen LogP contribution in [0.15, 0.2) is 40.5 Å². The van der Waals surface area contributed by atoms with E-state index in [1.54, 1.807) is 0 Å². The minimum atomic E-state index is -1.91. The van der Waals surface area contributed by atoms with Crippen LogP contribution >= 0.6 is 0 Å². The fourth-order valence-corrected chi connectivity index (χ4v) is 6.91. The number of fused-ring (bicyclic) bond motifs is 1. The molecule has 3 saturated heterocycles. The molecule has 0 saturated carbocycles. The first-order valence-electron chi connectivity index (χ1n) is 17.0. The van der Waals surface area contributed by atoms with Crippen molar-refractivity contribution < 1.29 is 94.5 Å².